The standard InChI is InChI=1S/C13H16N.Li/c1-4-9-14(10-5-2)13-8-6-7-12(3)11-13;/h4-8H,1-2,9-10H2,3H3;/q-1;+1. The fraction of sp³-hybridized carbons (Fsp3) is 0.231. The first-order valence-corrected chi connectivity index (χ1v) is 4.73. The molecule has 0 heterocycles. The van der Waals surface area contributed by atoms with E-state index in [4.69, 9.17) is 0 Å². The van der Waals surface area contributed by atoms with Gasteiger partial charge in [-0.25, -0.2) is 0 Å². The average molecular weight is 193 g/mol. The summed E-state index contributed by atoms with van der Waals surface area (Å²) in [6.45, 7) is 11.2. The maximum absolute atomic E-state index is 3.74. The van der Waals surface area contributed by atoms with Gasteiger partial charge in [0, 0.05) is 13.1 Å². The quantitative estimate of drug-likeness (QED) is 0.361. The Morgan fingerprint density at radius 3 is 2.33 bits per heavy atom. The van der Waals surface area contributed by atoms with E-state index in [0.29, 0.717) is 0 Å². The minimum absolute atomic E-state index is 0. The third kappa shape index (κ3) is 4.42. The van der Waals surface area contributed by atoms with E-state index >= 15 is 0 Å². The predicted octanol–water partition coefficient (Wildman–Crippen LogP) is -0.0224. The van der Waals surface area contributed by atoms with Crippen LogP contribution in [0.25, 0.3) is 0 Å². The summed E-state index contributed by atoms with van der Waals surface area (Å²) in [6.07, 6.45) is 3.78. The van der Waals surface area contributed by atoms with E-state index in [0.717, 1.165) is 24.3 Å². The maximum atomic E-state index is 3.74. The van der Waals surface area contributed by atoms with E-state index in [9.17, 15) is 0 Å². The molecule has 0 amide bonds. The second-order valence-corrected chi connectivity index (χ2v) is 3.20. The molecule has 0 aliphatic carbocycles. The molecule has 1 aromatic rings. The van der Waals surface area contributed by atoms with Gasteiger partial charge in [0.15, 0.2) is 0 Å². The predicted molar refractivity (Wildman–Crippen MR) is 62.6 cm³/mol. The third-order valence-corrected chi connectivity index (χ3v) is 1.97. The fourth-order valence-corrected chi connectivity index (χ4v) is 1.34. The van der Waals surface area contributed by atoms with Crippen LogP contribution in [0.2, 0.25) is 0 Å². The van der Waals surface area contributed by atoms with Crippen molar-refractivity contribution in [3.63, 3.8) is 0 Å². The largest absolute Gasteiger partial charge is 1.00 e. The van der Waals surface area contributed by atoms with Gasteiger partial charge in [-0.05, 0) is 0 Å². The molecule has 15 heavy (non-hydrogen) atoms. The zero-order chi connectivity index (χ0) is 10.4. The van der Waals surface area contributed by atoms with Crippen molar-refractivity contribution in [3.8, 4) is 0 Å². The van der Waals surface area contributed by atoms with E-state index in [-0.39, 0.29) is 18.9 Å². The van der Waals surface area contributed by atoms with Gasteiger partial charge < -0.3 is 4.90 Å². The number of aryl methyl sites for hydroxylation is 1. The molecule has 0 radical (unpaired) electrons. The summed E-state index contributed by atoms with van der Waals surface area (Å²) in [4.78, 5) is 2.17. The van der Waals surface area contributed by atoms with Crippen LogP contribution in [-0.2, 0) is 0 Å². The Morgan fingerprint density at radius 2 is 1.87 bits per heavy atom. The summed E-state index contributed by atoms with van der Waals surface area (Å²) < 4.78 is 0. The van der Waals surface area contributed by atoms with Gasteiger partial charge >= 0.3 is 18.9 Å². The van der Waals surface area contributed by atoms with E-state index < -0.39 is 0 Å². The van der Waals surface area contributed by atoms with Gasteiger partial charge in [-0.1, -0.05) is 24.8 Å². The second kappa shape index (κ2) is 7.40. The SMILES string of the molecule is C=CCN(CC=C)c1[c-]c(C)ccc1.[Li+]. The minimum atomic E-state index is 0. The topological polar surface area (TPSA) is 3.24 Å². The first-order chi connectivity index (χ1) is 6.77. The smallest absolute Gasteiger partial charge is 0.386 e. The number of hydrogen-bond donors (Lipinski definition) is 0. The number of anilines is 1. The van der Waals surface area contributed by atoms with Gasteiger partial charge in [0.2, 0.25) is 0 Å². The van der Waals surface area contributed by atoms with Crippen LogP contribution in [0.4, 0.5) is 5.69 Å². The normalized spacial score (nSPS) is 8.87. The van der Waals surface area contributed by atoms with E-state index in [1.54, 1.807) is 0 Å². The van der Waals surface area contributed by atoms with Crippen molar-refractivity contribution >= 4 is 5.69 Å². The molecule has 0 aliphatic rings. The van der Waals surface area contributed by atoms with E-state index in [2.05, 4.69) is 30.2 Å². The Labute approximate surface area is 105 Å². The summed E-state index contributed by atoms with van der Waals surface area (Å²) in [5, 5.41) is 0. The summed E-state index contributed by atoms with van der Waals surface area (Å²) in [5.41, 5.74) is 2.26. The average Bonchev–Trinajstić information content (AvgIpc) is 2.17. The molecule has 0 saturated carbocycles. The molecule has 0 unspecified atom stereocenters. The summed E-state index contributed by atoms with van der Waals surface area (Å²) in [6, 6.07) is 9.45. The molecule has 74 valence electrons. The third-order valence-electron chi connectivity index (χ3n) is 1.97. The number of rotatable bonds is 5. The zero-order valence-corrected chi connectivity index (χ0v) is 9.66. The van der Waals surface area contributed by atoms with Gasteiger partial charge in [0.05, 0.1) is 0 Å². The van der Waals surface area contributed by atoms with Crippen LogP contribution in [0.15, 0.2) is 43.5 Å². The molecule has 0 spiro atoms. The summed E-state index contributed by atoms with van der Waals surface area (Å²) in [5.74, 6) is 0. The van der Waals surface area contributed by atoms with Crippen LogP contribution in [-0.4, -0.2) is 13.1 Å². The van der Waals surface area contributed by atoms with Crippen LogP contribution < -0.4 is 23.8 Å². The molecule has 1 aromatic carbocycles. The van der Waals surface area contributed by atoms with Crippen molar-refractivity contribution in [1.82, 2.24) is 0 Å². The van der Waals surface area contributed by atoms with Crippen LogP contribution in [0.5, 0.6) is 0 Å². The van der Waals surface area contributed by atoms with Crippen molar-refractivity contribution in [2.45, 2.75) is 6.92 Å². The molecule has 0 saturated heterocycles. The molecular formula is C13H16LiN. The van der Waals surface area contributed by atoms with Crippen molar-refractivity contribution in [2.24, 2.45) is 0 Å². The molecule has 0 aliphatic heterocycles. The molecule has 0 bridgehead atoms. The second-order valence-electron chi connectivity index (χ2n) is 3.20. The van der Waals surface area contributed by atoms with Gasteiger partial charge in [-0.2, -0.15) is 23.8 Å². The molecule has 0 aromatic heterocycles. The molecule has 0 atom stereocenters. The first-order valence-electron chi connectivity index (χ1n) is 4.73. The zero-order valence-electron chi connectivity index (χ0n) is 9.66. The van der Waals surface area contributed by atoms with Gasteiger partial charge in [0.1, 0.15) is 0 Å². The van der Waals surface area contributed by atoms with Crippen molar-refractivity contribution in [3.05, 3.63) is 55.1 Å². The van der Waals surface area contributed by atoms with Crippen LogP contribution in [0.1, 0.15) is 5.56 Å². The Balaban J connectivity index is 0.00000196. The maximum Gasteiger partial charge on any atom is 1.00 e. The Bertz CT molecular complexity index is 310. The molecule has 1 nitrogen and oxygen atoms in total. The van der Waals surface area contributed by atoms with Gasteiger partial charge in [0.25, 0.3) is 0 Å². The molecule has 1 rings (SSSR count). The van der Waals surface area contributed by atoms with Crippen molar-refractivity contribution in [1.29, 1.82) is 0 Å². The summed E-state index contributed by atoms with van der Waals surface area (Å²) in [7, 11) is 0. The molecular weight excluding hydrogens is 177 g/mol. The van der Waals surface area contributed by atoms with Crippen LogP contribution in [0.3, 0.4) is 0 Å². The Hall–Kier alpha value is -0.903. The molecule has 0 fully saturated rings. The number of benzene rings is 1. The van der Waals surface area contributed by atoms with Crippen molar-refractivity contribution in [2.75, 3.05) is 18.0 Å². The molecule has 2 heteroatoms. The Kier molecular flexibility index (Phi) is 6.95. The van der Waals surface area contributed by atoms with Gasteiger partial charge in [-0.15, -0.1) is 19.2 Å². The number of nitrogens with zero attached hydrogens (tertiary/aromatic N) is 1. The van der Waals surface area contributed by atoms with Gasteiger partial charge in [-0.3, -0.25) is 0 Å². The van der Waals surface area contributed by atoms with E-state index in [1.165, 1.54) is 0 Å². The van der Waals surface area contributed by atoms with Crippen molar-refractivity contribution < 1.29 is 18.9 Å². The fourth-order valence-electron chi connectivity index (χ4n) is 1.34. The monoisotopic (exact) mass is 193 g/mol. The summed E-state index contributed by atoms with van der Waals surface area (Å²) >= 11 is 0. The number of hydrogen-bond acceptors (Lipinski definition) is 1. The Morgan fingerprint density at radius 1 is 1.27 bits per heavy atom. The van der Waals surface area contributed by atoms with Crippen LogP contribution >= 0.6 is 0 Å². The molecule has 0 N–H and O–H groups in total. The van der Waals surface area contributed by atoms with Crippen LogP contribution in [0, 0.1) is 13.0 Å². The minimum Gasteiger partial charge on any atom is -0.386 e. The first kappa shape index (κ1) is 14.1. The van der Waals surface area contributed by atoms with E-state index in [1.807, 2.05) is 31.2 Å².